The van der Waals surface area contributed by atoms with E-state index in [0.717, 1.165) is 30.5 Å². The lowest BCUT2D eigenvalue weighted by atomic mass is 10.1. The minimum absolute atomic E-state index is 0.0581. The number of ether oxygens (including phenoxy) is 2. The Balaban J connectivity index is 1.70. The molecular formula is C21H21F2N3O3S. The number of anilines is 1. The molecule has 30 heavy (non-hydrogen) atoms. The molecule has 6 nitrogen and oxygen atoms in total. The topological polar surface area (TPSA) is 54.9 Å². The summed E-state index contributed by atoms with van der Waals surface area (Å²) in [6.07, 6.45) is 0. The first kappa shape index (κ1) is 20.5. The van der Waals surface area contributed by atoms with Gasteiger partial charge in [-0.05, 0) is 37.4 Å². The van der Waals surface area contributed by atoms with Crippen LogP contribution >= 0.6 is 11.3 Å². The summed E-state index contributed by atoms with van der Waals surface area (Å²) in [6.45, 7) is 6.85. The van der Waals surface area contributed by atoms with E-state index < -0.39 is 11.6 Å². The van der Waals surface area contributed by atoms with Gasteiger partial charge in [0.25, 0.3) is 5.91 Å². The van der Waals surface area contributed by atoms with Crippen molar-refractivity contribution < 1.29 is 23.0 Å². The molecule has 0 bridgehead atoms. The Labute approximate surface area is 176 Å². The van der Waals surface area contributed by atoms with Crippen LogP contribution in [-0.4, -0.2) is 48.8 Å². The summed E-state index contributed by atoms with van der Waals surface area (Å²) in [5, 5.41) is 0.323. The molecule has 0 saturated carbocycles. The van der Waals surface area contributed by atoms with Crippen LogP contribution in [0.15, 0.2) is 30.3 Å². The fourth-order valence-corrected chi connectivity index (χ4v) is 4.34. The number of fused-ring (bicyclic) bond motifs is 2. The van der Waals surface area contributed by atoms with Crippen LogP contribution in [0.25, 0.3) is 10.2 Å². The fraction of sp³-hybridized carbons (Fsp3) is 0.333. The van der Waals surface area contributed by atoms with Crippen molar-refractivity contribution in [3.8, 4) is 11.5 Å². The Morgan fingerprint density at radius 1 is 1.10 bits per heavy atom. The number of nitrogens with zero attached hydrogens (tertiary/aromatic N) is 3. The highest BCUT2D eigenvalue weighted by Gasteiger charge is 2.25. The Morgan fingerprint density at radius 2 is 1.87 bits per heavy atom. The second kappa shape index (κ2) is 8.53. The molecule has 2 heterocycles. The molecule has 158 valence electrons. The molecule has 0 fully saturated rings. The number of likely N-dealkylation sites (N-methyl/N-ethyl adjacent to an activating group) is 1. The first-order chi connectivity index (χ1) is 14.5. The van der Waals surface area contributed by atoms with E-state index in [1.54, 1.807) is 18.2 Å². The van der Waals surface area contributed by atoms with Crippen LogP contribution in [-0.2, 0) is 0 Å². The summed E-state index contributed by atoms with van der Waals surface area (Å²) >= 11 is 1.09. The fourth-order valence-electron chi connectivity index (χ4n) is 3.31. The summed E-state index contributed by atoms with van der Waals surface area (Å²) < 4.78 is 38.9. The number of thiazole rings is 1. The highest BCUT2D eigenvalue weighted by Crippen LogP contribution is 2.35. The van der Waals surface area contributed by atoms with Gasteiger partial charge < -0.3 is 14.4 Å². The van der Waals surface area contributed by atoms with E-state index in [1.165, 1.54) is 11.0 Å². The van der Waals surface area contributed by atoms with E-state index in [-0.39, 0.29) is 18.2 Å². The van der Waals surface area contributed by atoms with Crippen molar-refractivity contribution in [3.05, 3.63) is 47.5 Å². The quantitative estimate of drug-likeness (QED) is 0.556. The number of carbonyl (C=O) groups is 1. The molecule has 0 aliphatic carbocycles. The van der Waals surface area contributed by atoms with Crippen molar-refractivity contribution in [2.45, 2.75) is 13.8 Å². The summed E-state index contributed by atoms with van der Waals surface area (Å²) in [5.74, 6) is -0.625. The first-order valence-corrected chi connectivity index (χ1v) is 10.5. The predicted molar refractivity (Wildman–Crippen MR) is 112 cm³/mol. The number of halogens is 2. The molecule has 4 rings (SSSR count). The average molecular weight is 433 g/mol. The maximum atomic E-state index is 14.2. The summed E-state index contributed by atoms with van der Waals surface area (Å²) in [7, 11) is 0. The van der Waals surface area contributed by atoms with Gasteiger partial charge >= 0.3 is 0 Å². The van der Waals surface area contributed by atoms with Gasteiger partial charge in [-0.2, -0.15) is 0 Å². The molecule has 3 aromatic rings. The van der Waals surface area contributed by atoms with Gasteiger partial charge in [0.05, 0.1) is 4.70 Å². The van der Waals surface area contributed by atoms with Crippen LogP contribution < -0.4 is 14.4 Å². The standard InChI is InChI=1S/C21H21F2N3O3S/c1-3-25(4-2)7-8-26(20(27)13-5-6-16-17(9-13)29-12-28-16)21-24-19-15(23)10-14(22)11-18(19)30-21/h5-6,9-11H,3-4,7-8,12H2,1-2H3. The molecule has 0 spiro atoms. The minimum Gasteiger partial charge on any atom is -0.454 e. The second-order valence-electron chi connectivity index (χ2n) is 6.78. The Hall–Kier alpha value is -2.78. The Morgan fingerprint density at radius 3 is 2.63 bits per heavy atom. The third-order valence-electron chi connectivity index (χ3n) is 5.03. The monoisotopic (exact) mass is 433 g/mol. The third kappa shape index (κ3) is 3.95. The lowest BCUT2D eigenvalue weighted by Crippen LogP contribution is -2.38. The van der Waals surface area contributed by atoms with Crippen LogP contribution in [0.2, 0.25) is 0 Å². The lowest BCUT2D eigenvalue weighted by Gasteiger charge is -2.24. The summed E-state index contributed by atoms with van der Waals surface area (Å²) in [6, 6.07) is 7.00. The van der Waals surface area contributed by atoms with Gasteiger partial charge in [0.2, 0.25) is 6.79 Å². The van der Waals surface area contributed by atoms with Crippen molar-refractivity contribution in [3.63, 3.8) is 0 Å². The van der Waals surface area contributed by atoms with E-state index in [1.807, 2.05) is 13.8 Å². The van der Waals surface area contributed by atoms with Crippen molar-refractivity contribution in [2.24, 2.45) is 0 Å². The normalized spacial score (nSPS) is 12.7. The van der Waals surface area contributed by atoms with Crippen LogP contribution in [0, 0.1) is 11.6 Å². The van der Waals surface area contributed by atoms with Gasteiger partial charge in [-0.15, -0.1) is 0 Å². The molecule has 1 aliphatic heterocycles. The molecule has 1 aromatic heterocycles. The van der Waals surface area contributed by atoms with E-state index in [4.69, 9.17) is 9.47 Å². The predicted octanol–water partition coefficient (Wildman–Crippen LogP) is 4.29. The molecule has 1 amide bonds. The van der Waals surface area contributed by atoms with Crippen molar-refractivity contribution >= 4 is 32.6 Å². The SMILES string of the molecule is CCN(CC)CCN(C(=O)c1ccc2c(c1)OCO2)c1nc2c(F)cc(F)cc2s1. The van der Waals surface area contributed by atoms with Crippen LogP contribution in [0.5, 0.6) is 11.5 Å². The minimum atomic E-state index is -0.744. The zero-order chi connectivity index (χ0) is 21.3. The molecule has 0 saturated heterocycles. The lowest BCUT2D eigenvalue weighted by molar-refractivity contribution is 0.0983. The van der Waals surface area contributed by atoms with E-state index in [2.05, 4.69) is 9.88 Å². The van der Waals surface area contributed by atoms with Crippen molar-refractivity contribution in [1.82, 2.24) is 9.88 Å². The second-order valence-corrected chi connectivity index (χ2v) is 7.79. The maximum Gasteiger partial charge on any atom is 0.260 e. The van der Waals surface area contributed by atoms with Crippen LogP contribution in [0.3, 0.4) is 0 Å². The van der Waals surface area contributed by atoms with Gasteiger partial charge in [-0.1, -0.05) is 25.2 Å². The number of amides is 1. The van der Waals surface area contributed by atoms with Crippen LogP contribution in [0.1, 0.15) is 24.2 Å². The molecule has 1 aliphatic rings. The highest BCUT2D eigenvalue weighted by molar-refractivity contribution is 7.22. The van der Waals surface area contributed by atoms with Gasteiger partial charge in [0, 0.05) is 24.7 Å². The Kier molecular flexibility index (Phi) is 5.83. The number of hydrogen-bond acceptors (Lipinski definition) is 6. The summed E-state index contributed by atoms with van der Waals surface area (Å²) in [5.41, 5.74) is 0.465. The molecule has 0 atom stereocenters. The van der Waals surface area contributed by atoms with E-state index in [9.17, 15) is 13.6 Å². The van der Waals surface area contributed by atoms with Gasteiger partial charge in [-0.3, -0.25) is 9.69 Å². The molecular weight excluding hydrogens is 412 g/mol. The van der Waals surface area contributed by atoms with Crippen molar-refractivity contribution in [2.75, 3.05) is 37.9 Å². The van der Waals surface area contributed by atoms with Crippen molar-refractivity contribution in [1.29, 1.82) is 0 Å². The van der Waals surface area contributed by atoms with E-state index in [0.29, 0.717) is 40.0 Å². The third-order valence-corrected chi connectivity index (χ3v) is 6.06. The number of hydrogen-bond donors (Lipinski definition) is 0. The largest absolute Gasteiger partial charge is 0.454 e. The highest BCUT2D eigenvalue weighted by atomic mass is 32.1. The maximum absolute atomic E-state index is 14.2. The van der Waals surface area contributed by atoms with Gasteiger partial charge in [0.15, 0.2) is 22.4 Å². The average Bonchev–Trinajstić information content (AvgIpc) is 3.37. The molecule has 0 radical (unpaired) electrons. The summed E-state index contributed by atoms with van der Waals surface area (Å²) in [4.78, 5) is 21.4. The molecule has 2 aromatic carbocycles. The zero-order valence-electron chi connectivity index (χ0n) is 16.7. The van der Waals surface area contributed by atoms with Gasteiger partial charge in [-0.25, -0.2) is 13.8 Å². The number of rotatable bonds is 7. The Bertz CT molecular complexity index is 1080. The number of aromatic nitrogens is 1. The molecule has 0 unspecified atom stereocenters. The number of carbonyl (C=O) groups excluding carboxylic acids is 1. The molecule has 0 N–H and O–H groups in total. The number of benzene rings is 2. The first-order valence-electron chi connectivity index (χ1n) is 9.69. The zero-order valence-corrected chi connectivity index (χ0v) is 17.5. The smallest absolute Gasteiger partial charge is 0.260 e. The van der Waals surface area contributed by atoms with E-state index >= 15 is 0 Å². The van der Waals surface area contributed by atoms with Crippen LogP contribution in [0.4, 0.5) is 13.9 Å². The van der Waals surface area contributed by atoms with Gasteiger partial charge in [0.1, 0.15) is 11.3 Å². The molecule has 9 heteroatoms.